The third-order valence-corrected chi connectivity index (χ3v) is 4.93. The summed E-state index contributed by atoms with van der Waals surface area (Å²) in [6, 6.07) is 16.9. The number of ether oxygens (including phenoxy) is 1. The molecule has 0 saturated carbocycles. The normalized spacial score (nSPS) is 10.9. The second-order valence-corrected chi connectivity index (χ2v) is 6.98. The predicted molar refractivity (Wildman–Crippen MR) is 108 cm³/mol. The van der Waals surface area contributed by atoms with Crippen LogP contribution in [-0.2, 0) is 0 Å². The van der Waals surface area contributed by atoms with Gasteiger partial charge in [0, 0.05) is 18.0 Å². The molecule has 0 aliphatic carbocycles. The van der Waals surface area contributed by atoms with Gasteiger partial charge in [-0.15, -0.1) is 0 Å². The minimum Gasteiger partial charge on any atom is -0.493 e. The van der Waals surface area contributed by atoms with Gasteiger partial charge in [0.05, 0.1) is 29.4 Å². The van der Waals surface area contributed by atoms with Crippen molar-refractivity contribution >= 4 is 22.7 Å². The molecule has 4 rings (SSSR count). The number of fused-ring (bicyclic) bond motifs is 1. The van der Waals surface area contributed by atoms with Crippen LogP contribution < -0.4 is 10.3 Å². The molecule has 7 heteroatoms. The van der Waals surface area contributed by atoms with Gasteiger partial charge in [-0.2, -0.15) is 0 Å². The van der Waals surface area contributed by atoms with E-state index in [0.29, 0.717) is 39.9 Å². The molecule has 0 spiro atoms. The fraction of sp³-hybridized carbons (Fsp3) is 0.0952. The van der Waals surface area contributed by atoms with Crippen molar-refractivity contribution in [2.24, 2.45) is 0 Å². The van der Waals surface area contributed by atoms with Gasteiger partial charge in [-0.05, 0) is 36.4 Å². The predicted octanol–water partition coefficient (Wildman–Crippen LogP) is 4.09. The number of para-hydroxylation sites is 1. The van der Waals surface area contributed by atoms with Crippen molar-refractivity contribution < 1.29 is 9.13 Å². The summed E-state index contributed by atoms with van der Waals surface area (Å²) in [7, 11) is 0. The van der Waals surface area contributed by atoms with Crippen LogP contribution in [0.15, 0.2) is 83.0 Å². The molecule has 0 fully saturated rings. The van der Waals surface area contributed by atoms with Crippen molar-refractivity contribution in [1.29, 1.82) is 0 Å². The van der Waals surface area contributed by atoms with Crippen LogP contribution >= 0.6 is 11.8 Å². The molecular weight excluding hydrogens is 377 g/mol. The molecule has 2 heterocycles. The molecular formula is C21H16FN3O2S. The van der Waals surface area contributed by atoms with Crippen molar-refractivity contribution in [2.75, 3.05) is 12.4 Å². The highest BCUT2D eigenvalue weighted by molar-refractivity contribution is 7.99. The van der Waals surface area contributed by atoms with Crippen molar-refractivity contribution in [3.05, 3.63) is 89.2 Å². The molecule has 0 amide bonds. The Kier molecular flexibility index (Phi) is 5.34. The number of thioether (sulfide) groups is 1. The molecule has 5 nitrogen and oxygen atoms in total. The fourth-order valence-electron chi connectivity index (χ4n) is 2.77. The number of pyridine rings is 1. The maximum absolute atomic E-state index is 13.2. The molecule has 0 saturated heterocycles. The standard InChI is InChI=1S/C21H16FN3O2S/c22-15-5-3-7-17(13-15)27-11-12-28-21-24-19-9-2-1-8-18(19)20(26)25(21)16-6-4-10-23-14-16/h1-10,13-14H,11-12H2. The largest absolute Gasteiger partial charge is 0.493 e. The van der Waals surface area contributed by atoms with Crippen molar-refractivity contribution in [3.8, 4) is 11.4 Å². The molecule has 0 aliphatic heterocycles. The zero-order valence-corrected chi connectivity index (χ0v) is 15.6. The Balaban J connectivity index is 1.61. The summed E-state index contributed by atoms with van der Waals surface area (Å²) in [5, 5.41) is 1.10. The summed E-state index contributed by atoms with van der Waals surface area (Å²) in [6.07, 6.45) is 3.29. The molecule has 4 aromatic rings. The lowest BCUT2D eigenvalue weighted by molar-refractivity contribution is 0.342. The highest BCUT2D eigenvalue weighted by Gasteiger charge is 2.13. The van der Waals surface area contributed by atoms with Gasteiger partial charge in [-0.3, -0.25) is 14.3 Å². The first-order valence-corrected chi connectivity index (χ1v) is 9.64. The van der Waals surface area contributed by atoms with E-state index in [0.717, 1.165) is 0 Å². The molecule has 0 radical (unpaired) electrons. The van der Waals surface area contributed by atoms with E-state index in [4.69, 9.17) is 4.74 Å². The first-order chi connectivity index (χ1) is 13.7. The van der Waals surface area contributed by atoms with E-state index < -0.39 is 0 Å². The average molecular weight is 393 g/mol. The lowest BCUT2D eigenvalue weighted by Crippen LogP contribution is -2.22. The first-order valence-electron chi connectivity index (χ1n) is 8.66. The van der Waals surface area contributed by atoms with Gasteiger partial charge in [0.2, 0.25) is 0 Å². The molecule has 28 heavy (non-hydrogen) atoms. The second-order valence-electron chi connectivity index (χ2n) is 5.92. The van der Waals surface area contributed by atoms with Gasteiger partial charge >= 0.3 is 0 Å². The minimum atomic E-state index is -0.341. The SMILES string of the molecule is O=c1c2ccccc2nc(SCCOc2cccc(F)c2)n1-c1cccnc1. The van der Waals surface area contributed by atoms with Crippen molar-refractivity contribution in [1.82, 2.24) is 14.5 Å². The Hall–Kier alpha value is -3.19. The second kappa shape index (κ2) is 8.22. The van der Waals surface area contributed by atoms with Crippen LogP contribution in [0.2, 0.25) is 0 Å². The molecule has 0 aliphatic rings. The summed E-state index contributed by atoms with van der Waals surface area (Å²) < 4.78 is 20.4. The Bertz CT molecular complexity index is 1170. The van der Waals surface area contributed by atoms with Gasteiger partial charge < -0.3 is 4.74 Å². The topological polar surface area (TPSA) is 57.0 Å². The maximum Gasteiger partial charge on any atom is 0.266 e. The average Bonchev–Trinajstić information content (AvgIpc) is 2.72. The Morgan fingerprint density at radius 3 is 2.79 bits per heavy atom. The molecule has 0 atom stereocenters. The van der Waals surface area contributed by atoms with Crippen LogP contribution in [0.1, 0.15) is 0 Å². The molecule has 140 valence electrons. The van der Waals surface area contributed by atoms with Crippen LogP contribution in [0.5, 0.6) is 5.75 Å². The number of benzene rings is 2. The highest BCUT2D eigenvalue weighted by Crippen LogP contribution is 2.21. The Morgan fingerprint density at radius 1 is 1.07 bits per heavy atom. The number of nitrogens with zero attached hydrogens (tertiary/aromatic N) is 3. The summed E-state index contributed by atoms with van der Waals surface area (Å²) in [5.41, 5.74) is 1.15. The maximum atomic E-state index is 13.2. The lowest BCUT2D eigenvalue weighted by Gasteiger charge is -2.13. The van der Waals surface area contributed by atoms with Crippen LogP contribution in [0.4, 0.5) is 4.39 Å². The van der Waals surface area contributed by atoms with Gasteiger partial charge in [0.25, 0.3) is 5.56 Å². The molecule has 0 N–H and O–H groups in total. The van der Waals surface area contributed by atoms with Gasteiger partial charge in [-0.25, -0.2) is 9.37 Å². The summed E-state index contributed by atoms with van der Waals surface area (Å²) >= 11 is 1.40. The smallest absolute Gasteiger partial charge is 0.266 e. The molecule has 2 aromatic heterocycles. The van der Waals surface area contributed by atoms with Gasteiger partial charge in [0.1, 0.15) is 11.6 Å². The van der Waals surface area contributed by atoms with E-state index in [2.05, 4.69) is 9.97 Å². The van der Waals surface area contributed by atoms with E-state index in [1.807, 2.05) is 24.3 Å². The van der Waals surface area contributed by atoms with Crippen molar-refractivity contribution in [3.63, 3.8) is 0 Å². The number of hydrogen-bond acceptors (Lipinski definition) is 5. The fourth-order valence-corrected chi connectivity index (χ4v) is 3.60. The third kappa shape index (κ3) is 3.89. The lowest BCUT2D eigenvalue weighted by atomic mass is 10.2. The minimum absolute atomic E-state index is 0.146. The van der Waals surface area contributed by atoms with Crippen molar-refractivity contribution in [2.45, 2.75) is 5.16 Å². The number of hydrogen-bond donors (Lipinski definition) is 0. The summed E-state index contributed by atoms with van der Waals surface area (Å²) in [6.45, 7) is 0.351. The van der Waals surface area contributed by atoms with E-state index in [1.165, 1.54) is 23.9 Å². The quantitative estimate of drug-likeness (QED) is 0.281. The zero-order chi connectivity index (χ0) is 19.3. The van der Waals surface area contributed by atoms with E-state index in [1.54, 1.807) is 41.2 Å². The van der Waals surface area contributed by atoms with Crippen LogP contribution in [-0.4, -0.2) is 26.9 Å². The van der Waals surface area contributed by atoms with Crippen LogP contribution in [0, 0.1) is 5.82 Å². The monoisotopic (exact) mass is 393 g/mol. The highest BCUT2D eigenvalue weighted by atomic mass is 32.2. The summed E-state index contributed by atoms with van der Waals surface area (Å²) in [5.74, 6) is 0.671. The molecule has 0 unspecified atom stereocenters. The molecule has 0 bridgehead atoms. The van der Waals surface area contributed by atoms with Gasteiger partial charge in [-0.1, -0.05) is 30.0 Å². The number of halogens is 1. The summed E-state index contributed by atoms with van der Waals surface area (Å²) in [4.78, 5) is 21.8. The van der Waals surface area contributed by atoms with Crippen LogP contribution in [0.3, 0.4) is 0 Å². The zero-order valence-electron chi connectivity index (χ0n) is 14.8. The van der Waals surface area contributed by atoms with Gasteiger partial charge in [0.15, 0.2) is 5.16 Å². The third-order valence-electron chi connectivity index (χ3n) is 4.03. The number of aromatic nitrogens is 3. The Labute approximate surface area is 164 Å². The van der Waals surface area contributed by atoms with E-state index in [9.17, 15) is 9.18 Å². The van der Waals surface area contributed by atoms with E-state index in [-0.39, 0.29) is 11.4 Å². The Morgan fingerprint density at radius 2 is 1.96 bits per heavy atom. The number of rotatable bonds is 6. The van der Waals surface area contributed by atoms with Crippen LogP contribution in [0.25, 0.3) is 16.6 Å². The first kappa shape index (κ1) is 18.2. The van der Waals surface area contributed by atoms with E-state index >= 15 is 0 Å². The molecule has 2 aromatic carbocycles.